The lowest BCUT2D eigenvalue weighted by Crippen LogP contribution is -1.99. The van der Waals surface area contributed by atoms with E-state index in [-0.39, 0.29) is 12.0 Å². The second kappa shape index (κ2) is 6.39. The monoisotopic (exact) mass is 150 g/mol. The van der Waals surface area contributed by atoms with Crippen molar-refractivity contribution >= 4 is 11.8 Å². The predicted molar refractivity (Wildman–Crippen MR) is 40.5 cm³/mol. The molecule has 0 rings (SSSR count). The van der Waals surface area contributed by atoms with Crippen molar-refractivity contribution in [2.45, 2.75) is 25.2 Å². The van der Waals surface area contributed by atoms with E-state index in [0.29, 0.717) is 0 Å². The smallest absolute Gasteiger partial charge is 0.0990 e. The van der Waals surface area contributed by atoms with Crippen molar-refractivity contribution in [2.75, 3.05) is 12.4 Å². The largest absolute Gasteiger partial charge is 0.396 e. The van der Waals surface area contributed by atoms with Crippen LogP contribution in [0.25, 0.3) is 0 Å². The van der Waals surface area contributed by atoms with Gasteiger partial charge in [-0.15, -0.1) is 11.8 Å². The molecule has 0 amide bonds. The first-order chi connectivity index (χ1) is 4.31. The highest BCUT2D eigenvalue weighted by Crippen LogP contribution is 2.11. The van der Waals surface area contributed by atoms with Gasteiger partial charge in [-0.25, -0.2) is 0 Å². The molecule has 0 spiro atoms. The van der Waals surface area contributed by atoms with Gasteiger partial charge in [-0.2, -0.15) is 0 Å². The van der Waals surface area contributed by atoms with Gasteiger partial charge in [0.2, 0.25) is 0 Å². The molecule has 0 saturated heterocycles. The van der Waals surface area contributed by atoms with Crippen LogP contribution in [0.4, 0.5) is 0 Å². The van der Waals surface area contributed by atoms with Crippen molar-refractivity contribution in [1.82, 2.24) is 0 Å². The van der Waals surface area contributed by atoms with Gasteiger partial charge in [0.1, 0.15) is 0 Å². The van der Waals surface area contributed by atoms with Crippen LogP contribution in [0.5, 0.6) is 0 Å². The molecular formula is C6H14O2S. The van der Waals surface area contributed by atoms with Gasteiger partial charge in [-0.05, 0) is 18.6 Å². The fourth-order valence-corrected chi connectivity index (χ4v) is 1.21. The summed E-state index contributed by atoms with van der Waals surface area (Å²) in [6, 6.07) is 0. The Morgan fingerprint density at radius 1 is 1.56 bits per heavy atom. The Hall–Kier alpha value is 0.270. The van der Waals surface area contributed by atoms with E-state index in [9.17, 15) is 0 Å². The van der Waals surface area contributed by atoms with E-state index in [1.54, 1.807) is 0 Å². The minimum atomic E-state index is -0.239. The molecule has 2 N–H and O–H groups in total. The van der Waals surface area contributed by atoms with E-state index < -0.39 is 0 Å². The highest BCUT2D eigenvalue weighted by atomic mass is 32.2. The first-order valence-corrected chi connectivity index (χ1v) is 4.26. The van der Waals surface area contributed by atoms with Gasteiger partial charge >= 0.3 is 0 Å². The lowest BCUT2D eigenvalue weighted by atomic mass is 10.5. The van der Waals surface area contributed by atoms with E-state index >= 15 is 0 Å². The van der Waals surface area contributed by atoms with Gasteiger partial charge in [0, 0.05) is 6.61 Å². The Balaban J connectivity index is 2.88. The van der Waals surface area contributed by atoms with Gasteiger partial charge in [0.25, 0.3) is 0 Å². The highest BCUT2D eigenvalue weighted by Gasteiger charge is 1.98. The summed E-state index contributed by atoms with van der Waals surface area (Å²) in [6.07, 6.45) is 1.57. The lowest BCUT2D eigenvalue weighted by Gasteiger charge is -2.04. The number of aliphatic hydroxyl groups excluding tert-OH is 2. The Morgan fingerprint density at radius 3 is 2.67 bits per heavy atom. The molecule has 1 unspecified atom stereocenters. The molecule has 0 saturated carbocycles. The molecule has 0 aliphatic carbocycles. The van der Waals surface area contributed by atoms with Gasteiger partial charge < -0.3 is 10.2 Å². The summed E-state index contributed by atoms with van der Waals surface area (Å²) in [4.78, 5) is 0. The first-order valence-electron chi connectivity index (χ1n) is 3.21. The molecule has 0 radical (unpaired) electrons. The Kier molecular flexibility index (Phi) is 6.58. The van der Waals surface area contributed by atoms with Crippen molar-refractivity contribution in [3.63, 3.8) is 0 Å². The van der Waals surface area contributed by atoms with E-state index in [1.807, 2.05) is 6.92 Å². The predicted octanol–water partition coefficient (Wildman–Crippen LogP) is 0.830. The maximum atomic E-state index is 8.97. The molecule has 0 heterocycles. The molecule has 9 heavy (non-hydrogen) atoms. The molecule has 0 bridgehead atoms. The molecule has 3 heteroatoms. The van der Waals surface area contributed by atoms with E-state index in [4.69, 9.17) is 10.2 Å². The van der Waals surface area contributed by atoms with E-state index in [0.717, 1.165) is 18.6 Å². The average Bonchev–Trinajstić information content (AvgIpc) is 1.89. The van der Waals surface area contributed by atoms with Gasteiger partial charge in [-0.3, -0.25) is 0 Å². The topological polar surface area (TPSA) is 40.5 Å². The summed E-state index contributed by atoms with van der Waals surface area (Å²) in [5.41, 5.74) is -0.239. The normalized spacial score (nSPS) is 13.7. The molecule has 0 aromatic carbocycles. The molecule has 56 valence electrons. The minimum Gasteiger partial charge on any atom is -0.396 e. The third-order valence-electron chi connectivity index (χ3n) is 0.962. The number of thioether (sulfide) groups is 1. The van der Waals surface area contributed by atoms with Crippen LogP contribution in [0.3, 0.4) is 0 Å². The zero-order valence-electron chi connectivity index (χ0n) is 5.71. The Labute approximate surface area is 60.3 Å². The van der Waals surface area contributed by atoms with Crippen LogP contribution >= 0.6 is 11.8 Å². The summed E-state index contributed by atoms with van der Waals surface area (Å²) < 4.78 is 0. The standard InChI is InChI=1S/C6H14O2S/c1-2-6(8)9-5-3-4-7/h6-8H,2-5H2,1H3. The minimum absolute atomic E-state index is 0.226. The summed E-state index contributed by atoms with van der Waals surface area (Å²) in [5.74, 6) is 0.853. The SMILES string of the molecule is CCC(O)SCCCO. The Morgan fingerprint density at radius 2 is 2.22 bits per heavy atom. The van der Waals surface area contributed by atoms with Crippen LogP contribution in [0, 0.1) is 0 Å². The van der Waals surface area contributed by atoms with E-state index in [2.05, 4.69) is 0 Å². The second-order valence-corrected chi connectivity index (χ2v) is 3.10. The number of rotatable bonds is 5. The van der Waals surface area contributed by atoms with Gasteiger partial charge in [0.05, 0.1) is 5.44 Å². The van der Waals surface area contributed by atoms with Crippen molar-refractivity contribution < 1.29 is 10.2 Å². The summed E-state index contributed by atoms with van der Waals surface area (Å²) in [7, 11) is 0. The fourth-order valence-electron chi connectivity index (χ4n) is 0.402. The summed E-state index contributed by atoms with van der Waals surface area (Å²) in [6.45, 7) is 2.17. The summed E-state index contributed by atoms with van der Waals surface area (Å²) >= 11 is 1.50. The van der Waals surface area contributed by atoms with Gasteiger partial charge in [0.15, 0.2) is 0 Å². The maximum Gasteiger partial charge on any atom is 0.0990 e. The average molecular weight is 150 g/mol. The van der Waals surface area contributed by atoms with Crippen LogP contribution in [0.15, 0.2) is 0 Å². The number of hydrogen-bond acceptors (Lipinski definition) is 3. The van der Waals surface area contributed by atoms with Crippen LogP contribution in [0.2, 0.25) is 0 Å². The van der Waals surface area contributed by atoms with Crippen molar-refractivity contribution in [3.8, 4) is 0 Å². The van der Waals surface area contributed by atoms with Crippen LogP contribution in [-0.2, 0) is 0 Å². The van der Waals surface area contributed by atoms with Gasteiger partial charge in [-0.1, -0.05) is 6.92 Å². The molecule has 0 aromatic rings. The molecule has 0 aromatic heterocycles. The molecule has 0 aliphatic rings. The van der Waals surface area contributed by atoms with Crippen molar-refractivity contribution in [1.29, 1.82) is 0 Å². The number of aliphatic hydroxyl groups is 2. The van der Waals surface area contributed by atoms with Crippen LogP contribution < -0.4 is 0 Å². The second-order valence-electron chi connectivity index (χ2n) is 1.81. The molecule has 0 aliphatic heterocycles. The third-order valence-corrected chi connectivity index (χ3v) is 2.20. The highest BCUT2D eigenvalue weighted by molar-refractivity contribution is 7.99. The fraction of sp³-hybridized carbons (Fsp3) is 1.00. The van der Waals surface area contributed by atoms with Crippen LogP contribution in [-0.4, -0.2) is 28.0 Å². The molecule has 2 nitrogen and oxygen atoms in total. The van der Waals surface area contributed by atoms with Crippen molar-refractivity contribution in [3.05, 3.63) is 0 Å². The maximum absolute atomic E-state index is 8.97. The quantitative estimate of drug-likeness (QED) is 0.450. The van der Waals surface area contributed by atoms with E-state index in [1.165, 1.54) is 11.8 Å². The Bertz CT molecular complexity index is 59.0. The zero-order valence-corrected chi connectivity index (χ0v) is 6.52. The lowest BCUT2D eigenvalue weighted by molar-refractivity contribution is 0.258. The number of hydrogen-bond donors (Lipinski definition) is 2. The first kappa shape index (κ1) is 9.27. The molecular weight excluding hydrogens is 136 g/mol. The third kappa shape index (κ3) is 6.15. The van der Waals surface area contributed by atoms with Crippen LogP contribution in [0.1, 0.15) is 19.8 Å². The van der Waals surface area contributed by atoms with Crippen molar-refractivity contribution in [2.24, 2.45) is 0 Å². The zero-order chi connectivity index (χ0) is 7.11. The summed E-state index contributed by atoms with van der Waals surface area (Å²) in [5, 5.41) is 17.3. The molecule has 0 fully saturated rings. The molecule has 1 atom stereocenters.